The highest BCUT2D eigenvalue weighted by molar-refractivity contribution is 6.30. The van der Waals surface area contributed by atoms with E-state index < -0.39 is 35.7 Å². The zero-order chi connectivity index (χ0) is 17.0. The quantitative estimate of drug-likeness (QED) is 0.651. The standard InChI is InChI=1S/C16H18ClNO5/c1-3-22-15(20)12-11(9-5-7-10(17)8-6-9)13(18-14(12)19)16(21)23-4-2/h5-8,11-13H,3-4H2,1-2H3,(H,18,19)/t11-,12-,13-/m1/s1. The Labute approximate surface area is 139 Å². The van der Waals surface area contributed by atoms with Crippen molar-refractivity contribution in [1.29, 1.82) is 0 Å². The molecule has 0 bridgehead atoms. The molecule has 124 valence electrons. The Balaban J connectivity index is 2.40. The molecule has 0 spiro atoms. The van der Waals surface area contributed by atoms with Gasteiger partial charge in [0.15, 0.2) is 0 Å². The Kier molecular flexibility index (Phi) is 5.60. The summed E-state index contributed by atoms with van der Waals surface area (Å²) in [5.74, 6) is -3.56. The van der Waals surface area contributed by atoms with E-state index in [0.717, 1.165) is 0 Å². The van der Waals surface area contributed by atoms with Crippen molar-refractivity contribution in [2.45, 2.75) is 25.8 Å². The number of hydrogen-bond acceptors (Lipinski definition) is 5. The first-order valence-corrected chi connectivity index (χ1v) is 7.76. The lowest BCUT2D eigenvalue weighted by atomic mass is 9.84. The van der Waals surface area contributed by atoms with Crippen LogP contribution in [0.4, 0.5) is 0 Å². The van der Waals surface area contributed by atoms with Crippen molar-refractivity contribution in [3.05, 3.63) is 34.9 Å². The van der Waals surface area contributed by atoms with E-state index in [1.165, 1.54) is 0 Å². The van der Waals surface area contributed by atoms with E-state index in [1.807, 2.05) is 0 Å². The molecule has 1 heterocycles. The van der Waals surface area contributed by atoms with Crippen LogP contribution in [-0.4, -0.2) is 37.1 Å². The van der Waals surface area contributed by atoms with E-state index >= 15 is 0 Å². The second-order valence-electron chi connectivity index (χ2n) is 5.05. The minimum Gasteiger partial charge on any atom is -0.465 e. The van der Waals surface area contributed by atoms with Crippen LogP contribution < -0.4 is 5.32 Å². The van der Waals surface area contributed by atoms with Crippen LogP contribution in [0.5, 0.6) is 0 Å². The average Bonchev–Trinajstić information content (AvgIpc) is 2.86. The van der Waals surface area contributed by atoms with Gasteiger partial charge in [0.05, 0.1) is 13.2 Å². The maximum atomic E-state index is 12.2. The molecule has 1 aromatic carbocycles. The van der Waals surface area contributed by atoms with E-state index in [4.69, 9.17) is 21.1 Å². The lowest BCUT2D eigenvalue weighted by Crippen LogP contribution is -2.37. The fourth-order valence-corrected chi connectivity index (χ4v) is 2.81. The molecule has 0 radical (unpaired) electrons. The molecule has 1 N–H and O–H groups in total. The zero-order valence-corrected chi connectivity index (χ0v) is 13.6. The summed E-state index contributed by atoms with van der Waals surface area (Å²) in [4.78, 5) is 36.5. The molecule has 1 amide bonds. The topological polar surface area (TPSA) is 81.7 Å². The van der Waals surface area contributed by atoms with Crippen molar-refractivity contribution < 1.29 is 23.9 Å². The molecule has 1 aliphatic heterocycles. The molecule has 0 aliphatic carbocycles. The van der Waals surface area contributed by atoms with Gasteiger partial charge < -0.3 is 14.8 Å². The number of carbonyl (C=O) groups excluding carboxylic acids is 3. The summed E-state index contributed by atoms with van der Waals surface area (Å²) in [5.41, 5.74) is 0.642. The Morgan fingerprint density at radius 1 is 1.09 bits per heavy atom. The normalized spacial score (nSPS) is 23.3. The number of esters is 2. The van der Waals surface area contributed by atoms with E-state index in [0.29, 0.717) is 10.6 Å². The van der Waals surface area contributed by atoms with Gasteiger partial charge in [0, 0.05) is 10.9 Å². The first-order chi connectivity index (χ1) is 11.0. The molecule has 0 saturated carbocycles. The highest BCUT2D eigenvalue weighted by Gasteiger charge is 2.51. The molecule has 0 unspecified atom stereocenters. The number of nitrogens with one attached hydrogen (secondary N) is 1. The third-order valence-electron chi connectivity index (χ3n) is 3.63. The molecule has 1 aromatic rings. The van der Waals surface area contributed by atoms with Crippen LogP contribution in [0.3, 0.4) is 0 Å². The molecule has 23 heavy (non-hydrogen) atoms. The first kappa shape index (κ1) is 17.3. The van der Waals surface area contributed by atoms with Crippen LogP contribution in [0.25, 0.3) is 0 Å². The number of amides is 1. The Morgan fingerprint density at radius 2 is 1.65 bits per heavy atom. The SMILES string of the molecule is CCOC(=O)[C@H]1C(=O)N[C@@H](C(=O)OCC)[C@@H]1c1ccc(Cl)cc1. The van der Waals surface area contributed by atoms with Crippen LogP contribution >= 0.6 is 11.6 Å². The summed E-state index contributed by atoms with van der Waals surface area (Å²) in [5, 5.41) is 3.06. The summed E-state index contributed by atoms with van der Waals surface area (Å²) in [7, 11) is 0. The van der Waals surface area contributed by atoms with E-state index in [2.05, 4.69) is 5.32 Å². The number of benzene rings is 1. The third-order valence-corrected chi connectivity index (χ3v) is 3.89. The van der Waals surface area contributed by atoms with Crippen molar-refractivity contribution >= 4 is 29.4 Å². The summed E-state index contributed by atoms with van der Waals surface area (Å²) in [6, 6.07) is 5.73. The van der Waals surface area contributed by atoms with Crippen LogP contribution in [0.2, 0.25) is 5.02 Å². The zero-order valence-electron chi connectivity index (χ0n) is 12.9. The lowest BCUT2D eigenvalue weighted by molar-refractivity contribution is -0.151. The first-order valence-electron chi connectivity index (χ1n) is 7.38. The monoisotopic (exact) mass is 339 g/mol. The molecule has 1 saturated heterocycles. The summed E-state index contributed by atoms with van der Waals surface area (Å²) in [6.45, 7) is 3.67. The maximum Gasteiger partial charge on any atom is 0.329 e. The van der Waals surface area contributed by atoms with Gasteiger partial charge in [0.2, 0.25) is 5.91 Å². The van der Waals surface area contributed by atoms with Crippen molar-refractivity contribution in [2.24, 2.45) is 5.92 Å². The molecule has 0 aromatic heterocycles. The summed E-state index contributed by atoms with van der Waals surface area (Å²) < 4.78 is 9.99. The van der Waals surface area contributed by atoms with Gasteiger partial charge in [-0.25, -0.2) is 4.79 Å². The van der Waals surface area contributed by atoms with E-state index in [-0.39, 0.29) is 13.2 Å². The van der Waals surface area contributed by atoms with Crippen LogP contribution in [-0.2, 0) is 23.9 Å². The van der Waals surface area contributed by atoms with Crippen molar-refractivity contribution in [1.82, 2.24) is 5.32 Å². The summed E-state index contributed by atoms with van der Waals surface area (Å²) in [6.07, 6.45) is 0. The molecule has 3 atom stereocenters. The van der Waals surface area contributed by atoms with Gasteiger partial charge in [-0.05, 0) is 31.5 Å². The Hall–Kier alpha value is -2.08. The van der Waals surface area contributed by atoms with Crippen molar-refractivity contribution in [3.63, 3.8) is 0 Å². The lowest BCUT2D eigenvalue weighted by Gasteiger charge is -2.21. The summed E-state index contributed by atoms with van der Waals surface area (Å²) >= 11 is 5.88. The fraction of sp³-hybridized carbons (Fsp3) is 0.438. The van der Waals surface area contributed by atoms with Gasteiger partial charge >= 0.3 is 11.9 Å². The Morgan fingerprint density at radius 3 is 2.22 bits per heavy atom. The van der Waals surface area contributed by atoms with E-state index in [1.54, 1.807) is 38.1 Å². The van der Waals surface area contributed by atoms with Crippen molar-refractivity contribution in [2.75, 3.05) is 13.2 Å². The van der Waals surface area contributed by atoms with Gasteiger partial charge in [-0.15, -0.1) is 0 Å². The number of carbonyl (C=O) groups is 3. The van der Waals surface area contributed by atoms with Crippen LogP contribution in [0.15, 0.2) is 24.3 Å². The predicted octanol–water partition coefficient (Wildman–Crippen LogP) is 1.66. The molecule has 6 nitrogen and oxygen atoms in total. The molecule has 2 rings (SSSR count). The third kappa shape index (κ3) is 3.64. The number of rotatable bonds is 5. The molecule has 1 fully saturated rings. The number of ether oxygens (including phenoxy) is 2. The van der Waals surface area contributed by atoms with Crippen LogP contribution in [0, 0.1) is 5.92 Å². The van der Waals surface area contributed by atoms with Gasteiger partial charge in [0.1, 0.15) is 12.0 Å². The minimum absolute atomic E-state index is 0.153. The van der Waals surface area contributed by atoms with Crippen LogP contribution in [0.1, 0.15) is 25.3 Å². The largest absolute Gasteiger partial charge is 0.465 e. The smallest absolute Gasteiger partial charge is 0.329 e. The van der Waals surface area contributed by atoms with Crippen molar-refractivity contribution in [3.8, 4) is 0 Å². The van der Waals surface area contributed by atoms with E-state index in [9.17, 15) is 14.4 Å². The molecular formula is C16H18ClNO5. The second kappa shape index (κ2) is 7.46. The Bertz CT molecular complexity index is 601. The number of halogens is 1. The maximum absolute atomic E-state index is 12.2. The molecule has 7 heteroatoms. The van der Waals surface area contributed by atoms with Gasteiger partial charge in [-0.3, -0.25) is 9.59 Å². The van der Waals surface area contributed by atoms with Gasteiger partial charge in [-0.2, -0.15) is 0 Å². The fourth-order valence-electron chi connectivity index (χ4n) is 2.68. The predicted molar refractivity (Wildman–Crippen MR) is 82.9 cm³/mol. The minimum atomic E-state index is -1.09. The highest BCUT2D eigenvalue weighted by Crippen LogP contribution is 2.35. The average molecular weight is 340 g/mol. The van der Waals surface area contributed by atoms with Gasteiger partial charge in [-0.1, -0.05) is 23.7 Å². The molecular weight excluding hydrogens is 322 g/mol. The van der Waals surface area contributed by atoms with Gasteiger partial charge in [0.25, 0.3) is 0 Å². The number of hydrogen-bond donors (Lipinski definition) is 1. The highest BCUT2D eigenvalue weighted by atomic mass is 35.5. The molecule has 1 aliphatic rings. The second-order valence-corrected chi connectivity index (χ2v) is 5.48.